The third-order valence-corrected chi connectivity index (χ3v) is 4.50. The molecule has 1 fully saturated rings. The van der Waals surface area contributed by atoms with Gasteiger partial charge in [0, 0.05) is 19.6 Å². The number of benzene rings is 1. The zero-order valence-corrected chi connectivity index (χ0v) is 12.6. The van der Waals surface area contributed by atoms with E-state index in [0.717, 1.165) is 44.6 Å². The molecule has 0 spiro atoms. The molecule has 20 heavy (non-hydrogen) atoms. The third-order valence-electron chi connectivity index (χ3n) is 4.50. The van der Waals surface area contributed by atoms with Crippen LogP contribution in [-0.4, -0.2) is 35.3 Å². The third kappa shape index (κ3) is 2.99. The van der Waals surface area contributed by atoms with Gasteiger partial charge in [-0.3, -0.25) is 4.90 Å². The lowest BCUT2D eigenvalue weighted by Crippen LogP contribution is -2.34. The Bertz CT molecular complexity index is 476. The van der Waals surface area contributed by atoms with Crippen LogP contribution in [0.2, 0.25) is 0 Å². The summed E-state index contributed by atoms with van der Waals surface area (Å²) in [6.45, 7) is 7.86. The first-order chi connectivity index (χ1) is 9.55. The van der Waals surface area contributed by atoms with Gasteiger partial charge in [0.15, 0.2) is 0 Å². The summed E-state index contributed by atoms with van der Waals surface area (Å²) in [5.74, 6) is 1.57. The highest BCUT2D eigenvalue weighted by Gasteiger charge is 2.30. The predicted octanol–water partition coefficient (Wildman–Crippen LogP) is 2.60. The second-order valence-corrected chi connectivity index (χ2v) is 6.88. The first-order valence-electron chi connectivity index (χ1n) is 7.70. The summed E-state index contributed by atoms with van der Waals surface area (Å²) in [4.78, 5) is 2.49. The van der Waals surface area contributed by atoms with E-state index in [2.05, 4.69) is 36.9 Å². The molecule has 0 bridgehead atoms. The molecule has 1 N–H and O–H groups in total. The SMILES string of the molecule is CC1(C)Cc2cc(CN3CCC(CO)CC3)ccc2O1. The summed E-state index contributed by atoms with van der Waals surface area (Å²) in [6, 6.07) is 6.63. The maximum Gasteiger partial charge on any atom is 0.123 e. The van der Waals surface area contributed by atoms with E-state index in [9.17, 15) is 5.11 Å². The van der Waals surface area contributed by atoms with Gasteiger partial charge < -0.3 is 9.84 Å². The van der Waals surface area contributed by atoms with Gasteiger partial charge in [-0.15, -0.1) is 0 Å². The topological polar surface area (TPSA) is 32.7 Å². The van der Waals surface area contributed by atoms with Gasteiger partial charge >= 0.3 is 0 Å². The van der Waals surface area contributed by atoms with Gasteiger partial charge in [-0.2, -0.15) is 0 Å². The van der Waals surface area contributed by atoms with E-state index in [0.29, 0.717) is 12.5 Å². The van der Waals surface area contributed by atoms with Gasteiger partial charge in [0.05, 0.1) is 0 Å². The highest BCUT2D eigenvalue weighted by molar-refractivity contribution is 5.41. The van der Waals surface area contributed by atoms with Crippen LogP contribution in [0.5, 0.6) is 5.75 Å². The quantitative estimate of drug-likeness (QED) is 0.920. The molecule has 0 amide bonds. The molecule has 0 atom stereocenters. The molecule has 3 rings (SSSR count). The number of aliphatic hydroxyl groups is 1. The van der Waals surface area contributed by atoms with E-state index in [1.807, 2.05) is 0 Å². The summed E-state index contributed by atoms with van der Waals surface area (Å²) in [6.07, 6.45) is 3.25. The Labute approximate surface area is 121 Å². The lowest BCUT2D eigenvalue weighted by atomic mass is 9.97. The number of likely N-dealkylation sites (tertiary alicyclic amines) is 1. The normalized spacial score (nSPS) is 22.6. The van der Waals surface area contributed by atoms with Crippen molar-refractivity contribution in [3.05, 3.63) is 29.3 Å². The molecule has 0 unspecified atom stereocenters. The van der Waals surface area contributed by atoms with Crippen molar-refractivity contribution < 1.29 is 9.84 Å². The highest BCUT2D eigenvalue weighted by Crippen LogP contribution is 2.35. The molecule has 2 heterocycles. The first kappa shape index (κ1) is 13.9. The van der Waals surface area contributed by atoms with Crippen molar-refractivity contribution in [2.24, 2.45) is 5.92 Å². The maximum absolute atomic E-state index is 9.19. The van der Waals surface area contributed by atoms with Crippen molar-refractivity contribution >= 4 is 0 Å². The molecule has 3 heteroatoms. The Hall–Kier alpha value is -1.06. The number of ether oxygens (including phenoxy) is 1. The number of hydrogen-bond donors (Lipinski definition) is 1. The Kier molecular flexibility index (Phi) is 3.74. The molecule has 0 saturated carbocycles. The van der Waals surface area contributed by atoms with Crippen LogP contribution >= 0.6 is 0 Å². The molecule has 1 saturated heterocycles. The zero-order chi connectivity index (χ0) is 14.2. The number of piperidine rings is 1. The average molecular weight is 275 g/mol. The van der Waals surface area contributed by atoms with Crippen molar-refractivity contribution in [3.63, 3.8) is 0 Å². The minimum absolute atomic E-state index is 0.0551. The Morgan fingerprint density at radius 1 is 1.30 bits per heavy atom. The fraction of sp³-hybridized carbons (Fsp3) is 0.647. The molecule has 1 aromatic carbocycles. The molecule has 2 aliphatic heterocycles. The summed E-state index contributed by atoms with van der Waals surface area (Å²) in [5, 5.41) is 9.19. The molecule has 3 nitrogen and oxygen atoms in total. The number of hydrogen-bond acceptors (Lipinski definition) is 3. The summed E-state index contributed by atoms with van der Waals surface area (Å²) < 4.78 is 5.93. The van der Waals surface area contributed by atoms with Crippen LogP contribution in [0.4, 0.5) is 0 Å². The van der Waals surface area contributed by atoms with Gasteiger partial charge in [0.2, 0.25) is 0 Å². The predicted molar refractivity (Wildman–Crippen MR) is 79.9 cm³/mol. The Morgan fingerprint density at radius 3 is 2.75 bits per heavy atom. The minimum atomic E-state index is -0.0551. The lowest BCUT2D eigenvalue weighted by molar-refractivity contribution is 0.127. The first-order valence-corrected chi connectivity index (χ1v) is 7.70. The van der Waals surface area contributed by atoms with Crippen molar-refractivity contribution in [2.75, 3.05) is 19.7 Å². The maximum atomic E-state index is 9.19. The Balaban J connectivity index is 1.63. The molecular formula is C17H25NO2. The van der Waals surface area contributed by atoms with Crippen molar-refractivity contribution in [1.29, 1.82) is 0 Å². The molecule has 1 aromatic rings. The summed E-state index contributed by atoms with van der Waals surface area (Å²) >= 11 is 0. The number of fused-ring (bicyclic) bond motifs is 1. The second-order valence-electron chi connectivity index (χ2n) is 6.88. The van der Waals surface area contributed by atoms with E-state index in [1.54, 1.807) is 0 Å². The molecule has 2 aliphatic rings. The highest BCUT2D eigenvalue weighted by atomic mass is 16.5. The van der Waals surface area contributed by atoms with E-state index < -0.39 is 0 Å². The average Bonchev–Trinajstić information content (AvgIpc) is 2.73. The zero-order valence-electron chi connectivity index (χ0n) is 12.6. The van der Waals surface area contributed by atoms with Crippen LogP contribution in [0.25, 0.3) is 0 Å². The molecule has 0 radical (unpaired) electrons. The monoisotopic (exact) mass is 275 g/mol. The largest absolute Gasteiger partial charge is 0.487 e. The Morgan fingerprint density at radius 2 is 2.05 bits per heavy atom. The number of nitrogens with zero attached hydrogens (tertiary/aromatic N) is 1. The van der Waals surface area contributed by atoms with Crippen LogP contribution in [0, 0.1) is 5.92 Å². The van der Waals surface area contributed by atoms with E-state index in [4.69, 9.17) is 4.74 Å². The number of aliphatic hydroxyl groups excluding tert-OH is 1. The smallest absolute Gasteiger partial charge is 0.123 e. The fourth-order valence-electron chi connectivity index (χ4n) is 3.35. The second kappa shape index (κ2) is 5.38. The van der Waals surface area contributed by atoms with Crippen molar-refractivity contribution in [3.8, 4) is 5.75 Å². The van der Waals surface area contributed by atoms with Crippen LogP contribution in [-0.2, 0) is 13.0 Å². The number of rotatable bonds is 3. The summed E-state index contributed by atoms with van der Waals surface area (Å²) in [7, 11) is 0. The van der Waals surface area contributed by atoms with Crippen LogP contribution in [0.3, 0.4) is 0 Å². The van der Waals surface area contributed by atoms with Crippen LogP contribution < -0.4 is 4.74 Å². The van der Waals surface area contributed by atoms with Gasteiger partial charge in [-0.1, -0.05) is 12.1 Å². The summed E-state index contributed by atoms with van der Waals surface area (Å²) in [5.41, 5.74) is 2.67. The molecular weight excluding hydrogens is 250 g/mol. The standard InChI is InChI=1S/C17H25NO2/c1-17(2)10-15-9-14(3-4-16(15)20-17)11-18-7-5-13(12-19)6-8-18/h3-4,9,13,19H,5-8,10-12H2,1-2H3. The van der Waals surface area contributed by atoms with E-state index in [1.165, 1.54) is 11.1 Å². The van der Waals surface area contributed by atoms with Crippen LogP contribution in [0.15, 0.2) is 18.2 Å². The van der Waals surface area contributed by atoms with Crippen molar-refractivity contribution in [2.45, 2.75) is 45.3 Å². The van der Waals surface area contributed by atoms with Crippen molar-refractivity contribution in [1.82, 2.24) is 4.90 Å². The van der Waals surface area contributed by atoms with E-state index in [-0.39, 0.29) is 5.60 Å². The van der Waals surface area contributed by atoms with Gasteiger partial charge in [0.1, 0.15) is 11.4 Å². The fourth-order valence-corrected chi connectivity index (χ4v) is 3.35. The molecule has 0 aromatic heterocycles. The van der Waals surface area contributed by atoms with Gasteiger partial charge in [-0.05, 0) is 62.9 Å². The van der Waals surface area contributed by atoms with E-state index >= 15 is 0 Å². The van der Waals surface area contributed by atoms with Gasteiger partial charge in [-0.25, -0.2) is 0 Å². The van der Waals surface area contributed by atoms with Crippen LogP contribution in [0.1, 0.15) is 37.8 Å². The molecule has 110 valence electrons. The molecule has 0 aliphatic carbocycles. The van der Waals surface area contributed by atoms with Gasteiger partial charge in [0.25, 0.3) is 0 Å². The minimum Gasteiger partial charge on any atom is -0.487 e. The lowest BCUT2D eigenvalue weighted by Gasteiger charge is -2.31.